The number of hydrogen-bond acceptors (Lipinski definition) is 5. The first-order chi connectivity index (χ1) is 16.8. The Hall–Kier alpha value is -3.82. The molecule has 2 aromatic carbocycles. The molecular formula is C29H28N2O3S. The van der Waals surface area contributed by atoms with E-state index in [0.29, 0.717) is 6.42 Å². The number of carbonyl (C=O) groups is 1. The Morgan fingerprint density at radius 2 is 1.86 bits per heavy atom. The maximum atomic E-state index is 12.4. The van der Waals surface area contributed by atoms with Crippen LogP contribution in [0.2, 0.25) is 0 Å². The number of amides is 1. The van der Waals surface area contributed by atoms with Crippen molar-refractivity contribution in [2.24, 2.45) is 0 Å². The second-order valence-electron chi connectivity index (χ2n) is 9.16. The van der Waals surface area contributed by atoms with Gasteiger partial charge in [-0.2, -0.15) is 0 Å². The summed E-state index contributed by atoms with van der Waals surface area (Å²) in [6.45, 7) is 5.52. The largest absolute Gasteiger partial charge is 0.497 e. The number of alkyl carbamates (subject to hydrolysis) is 1. The molecule has 2 aromatic heterocycles. The van der Waals surface area contributed by atoms with Gasteiger partial charge in [0.2, 0.25) is 0 Å². The SMILES string of the molecule is COc1ccc(C[C@@H](C#Cc2cc(-c3ccc4cnccc4c3)cs2)NC(=O)OC(C)(C)C)cc1. The van der Waals surface area contributed by atoms with Gasteiger partial charge in [-0.15, -0.1) is 11.3 Å². The third-order valence-electron chi connectivity index (χ3n) is 5.23. The van der Waals surface area contributed by atoms with Crippen molar-refractivity contribution in [1.82, 2.24) is 10.3 Å². The van der Waals surface area contributed by atoms with Gasteiger partial charge in [-0.3, -0.25) is 4.98 Å². The number of thiophene rings is 1. The molecule has 0 bridgehead atoms. The van der Waals surface area contributed by atoms with E-state index in [0.717, 1.165) is 38.1 Å². The van der Waals surface area contributed by atoms with Crippen molar-refractivity contribution in [3.8, 4) is 28.7 Å². The topological polar surface area (TPSA) is 60.5 Å². The zero-order valence-corrected chi connectivity index (χ0v) is 21.1. The van der Waals surface area contributed by atoms with Crippen molar-refractivity contribution in [3.05, 3.63) is 82.8 Å². The van der Waals surface area contributed by atoms with E-state index in [4.69, 9.17) is 9.47 Å². The van der Waals surface area contributed by atoms with Gasteiger partial charge in [0.25, 0.3) is 0 Å². The first-order valence-electron chi connectivity index (χ1n) is 11.4. The van der Waals surface area contributed by atoms with Crippen LogP contribution in [0.1, 0.15) is 31.2 Å². The van der Waals surface area contributed by atoms with E-state index >= 15 is 0 Å². The monoisotopic (exact) mass is 484 g/mol. The molecule has 0 radical (unpaired) electrons. The van der Waals surface area contributed by atoms with Gasteiger partial charge in [0, 0.05) is 24.2 Å². The summed E-state index contributed by atoms with van der Waals surface area (Å²) >= 11 is 1.59. The number of nitrogens with zero attached hydrogens (tertiary/aromatic N) is 1. The van der Waals surface area contributed by atoms with Crippen LogP contribution in [0.15, 0.2) is 72.4 Å². The van der Waals surface area contributed by atoms with Crippen LogP contribution in [0, 0.1) is 11.8 Å². The van der Waals surface area contributed by atoms with E-state index in [9.17, 15) is 4.79 Å². The summed E-state index contributed by atoms with van der Waals surface area (Å²) in [5, 5.41) is 7.28. The van der Waals surface area contributed by atoms with Crippen LogP contribution < -0.4 is 10.1 Å². The average Bonchev–Trinajstić information content (AvgIpc) is 3.30. The normalized spacial score (nSPS) is 11.9. The van der Waals surface area contributed by atoms with Crippen molar-refractivity contribution in [1.29, 1.82) is 0 Å². The van der Waals surface area contributed by atoms with Gasteiger partial charge in [0.1, 0.15) is 11.4 Å². The smallest absolute Gasteiger partial charge is 0.408 e. The van der Waals surface area contributed by atoms with Crippen LogP contribution in [0.4, 0.5) is 4.79 Å². The van der Waals surface area contributed by atoms with E-state index in [1.807, 2.05) is 57.3 Å². The summed E-state index contributed by atoms with van der Waals surface area (Å²) < 4.78 is 10.7. The average molecular weight is 485 g/mol. The zero-order valence-electron chi connectivity index (χ0n) is 20.3. The molecular weight excluding hydrogens is 456 g/mol. The van der Waals surface area contributed by atoms with Gasteiger partial charge in [0.05, 0.1) is 18.0 Å². The minimum Gasteiger partial charge on any atom is -0.497 e. The number of fused-ring (bicyclic) bond motifs is 1. The van der Waals surface area contributed by atoms with Crippen LogP contribution in [-0.2, 0) is 11.2 Å². The van der Waals surface area contributed by atoms with E-state index in [1.54, 1.807) is 24.6 Å². The molecule has 0 aliphatic carbocycles. The maximum absolute atomic E-state index is 12.4. The number of aromatic nitrogens is 1. The van der Waals surface area contributed by atoms with Crippen LogP contribution in [0.25, 0.3) is 21.9 Å². The fourth-order valence-corrected chi connectivity index (χ4v) is 4.33. The van der Waals surface area contributed by atoms with E-state index in [1.165, 1.54) is 0 Å². The summed E-state index contributed by atoms with van der Waals surface area (Å²) in [6, 6.07) is 17.8. The van der Waals surface area contributed by atoms with Crippen molar-refractivity contribution < 1.29 is 14.3 Å². The van der Waals surface area contributed by atoms with Gasteiger partial charge < -0.3 is 14.8 Å². The number of methoxy groups -OCH3 is 1. The minimum atomic E-state index is -0.583. The summed E-state index contributed by atoms with van der Waals surface area (Å²) in [5.41, 5.74) is 2.71. The lowest BCUT2D eigenvalue weighted by Gasteiger charge is -2.21. The zero-order chi connectivity index (χ0) is 24.8. The minimum absolute atomic E-state index is 0.406. The van der Waals surface area contributed by atoms with Crippen LogP contribution in [0.3, 0.4) is 0 Å². The Labute approximate surface area is 210 Å². The number of rotatable bonds is 5. The highest BCUT2D eigenvalue weighted by Gasteiger charge is 2.19. The highest BCUT2D eigenvalue weighted by Crippen LogP contribution is 2.28. The lowest BCUT2D eigenvalue weighted by molar-refractivity contribution is 0.0516. The number of hydrogen-bond donors (Lipinski definition) is 1. The quantitative estimate of drug-likeness (QED) is 0.330. The molecule has 4 rings (SSSR count). The Morgan fingerprint density at radius 3 is 2.60 bits per heavy atom. The molecule has 4 aromatic rings. The molecule has 1 N–H and O–H groups in total. The van der Waals surface area contributed by atoms with Crippen molar-refractivity contribution in [2.75, 3.05) is 7.11 Å². The number of pyridine rings is 1. The second kappa shape index (κ2) is 10.6. The fourth-order valence-electron chi connectivity index (χ4n) is 3.56. The lowest BCUT2D eigenvalue weighted by Crippen LogP contribution is -2.39. The molecule has 0 fully saturated rings. The predicted octanol–water partition coefficient (Wildman–Crippen LogP) is 6.46. The molecule has 1 atom stereocenters. The standard InChI is InChI=1S/C29H28N2O3S/c1-29(2,3)34-28(32)31-25(15-20-5-10-26(33-4)11-6-20)9-12-27-17-24(19-35-27)21-7-8-23-18-30-14-13-22(23)16-21/h5-8,10-11,13-14,16-19,25H,15H2,1-4H3,(H,31,32)/t25-/m1/s1. The predicted molar refractivity (Wildman–Crippen MR) is 142 cm³/mol. The summed E-state index contributed by atoms with van der Waals surface area (Å²) in [4.78, 5) is 17.6. The molecule has 35 heavy (non-hydrogen) atoms. The molecule has 0 saturated heterocycles. The van der Waals surface area contributed by atoms with Gasteiger partial charge in [-0.1, -0.05) is 36.1 Å². The lowest BCUT2D eigenvalue weighted by atomic mass is 10.0. The van der Waals surface area contributed by atoms with Gasteiger partial charge in [-0.25, -0.2) is 4.79 Å². The number of carbonyl (C=O) groups excluding carboxylic acids is 1. The van der Waals surface area contributed by atoms with E-state index in [2.05, 4.69) is 51.8 Å². The summed E-state index contributed by atoms with van der Waals surface area (Å²) in [7, 11) is 1.64. The number of ether oxygens (including phenoxy) is 2. The van der Waals surface area contributed by atoms with Crippen LogP contribution >= 0.6 is 11.3 Å². The molecule has 0 aliphatic rings. The van der Waals surface area contributed by atoms with Gasteiger partial charge >= 0.3 is 6.09 Å². The van der Waals surface area contributed by atoms with Crippen LogP contribution in [0.5, 0.6) is 5.75 Å². The third kappa shape index (κ3) is 6.84. The first-order valence-corrected chi connectivity index (χ1v) is 12.2. The number of benzene rings is 2. The molecule has 0 aliphatic heterocycles. The Morgan fingerprint density at radius 1 is 1.06 bits per heavy atom. The molecule has 0 unspecified atom stereocenters. The fraction of sp³-hybridized carbons (Fsp3) is 0.241. The number of nitrogens with one attached hydrogen (secondary N) is 1. The third-order valence-corrected chi connectivity index (χ3v) is 6.08. The Balaban J connectivity index is 1.54. The molecule has 6 heteroatoms. The van der Waals surface area contributed by atoms with Crippen molar-refractivity contribution >= 4 is 28.2 Å². The molecule has 0 spiro atoms. The molecule has 2 heterocycles. The van der Waals surface area contributed by atoms with Crippen LogP contribution in [-0.4, -0.2) is 29.8 Å². The maximum Gasteiger partial charge on any atom is 0.408 e. The van der Waals surface area contributed by atoms with Gasteiger partial charge in [0.15, 0.2) is 0 Å². The van der Waals surface area contributed by atoms with E-state index in [-0.39, 0.29) is 0 Å². The Kier molecular flexibility index (Phi) is 7.38. The first kappa shape index (κ1) is 24.3. The summed E-state index contributed by atoms with van der Waals surface area (Å²) in [6.07, 6.45) is 3.73. The second-order valence-corrected chi connectivity index (χ2v) is 10.1. The highest BCUT2D eigenvalue weighted by molar-refractivity contribution is 7.11. The van der Waals surface area contributed by atoms with Crippen molar-refractivity contribution in [3.63, 3.8) is 0 Å². The van der Waals surface area contributed by atoms with E-state index < -0.39 is 17.7 Å². The molecule has 178 valence electrons. The van der Waals surface area contributed by atoms with Gasteiger partial charge in [-0.05, 0) is 78.6 Å². The molecule has 5 nitrogen and oxygen atoms in total. The highest BCUT2D eigenvalue weighted by atomic mass is 32.1. The molecule has 0 saturated carbocycles. The summed E-state index contributed by atoms with van der Waals surface area (Å²) in [5.74, 6) is 7.26. The molecule has 1 amide bonds. The Bertz CT molecular complexity index is 1370. The van der Waals surface area contributed by atoms with Crippen molar-refractivity contribution in [2.45, 2.75) is 38.8 Å².